The van der Waals surface area contributed by atoms with Gasteiger partial charge < -0.3 is 14.4 Å². The van der Waals surface area contributed by atoms with Crippen molar-refractivity contribution in [2.45, 2.75) is 70.6 Å². The van der Waals surface area contributed by atoms with Crippen molar-refractivity contribution in [3.8, 4) is 11.5 Å². The highest BCUT2D eigenvalue weighted by Crippen LogP contribution is 2.38. The monoisotopic (exact) mass is 396 g/mol. The zero-order valence-electron chi connectivity index (χ0n) is 17.3. The van der Waals surface area contributed by atoms with Crippen molar-refractivity contribution in [1.82, 2.24) is 25.3 Å². The summed E-state index contributed by atoms with van der Waals surface area (Å²) in [6.07, 6.45) is 9.86. The standard InChI is InChI=1S/C21H28N6O2/c1-21(2,3)20-24-17(28-27-20)7-5-4-6-10-23-16-11-15(12-22-13-16)19-25-18(26-29-19)14-8-9-14/h11-14,23H,4-10H2,1-3H3. The number of nitrogens with zero attached hydrogens (tertiary/aromatic N) is 5. The van der Waals surface area contributed by atoms with E-state index < -0.39 is 0 Å². The number of aryl methyl sites for hydroxylation is 1. The van der Waals surface area contributed by atoms with E-state index in [1.807, 2.05) is 12.3 Å². The van der Waals surface area contributed by atoms with Gasteiger partial charge in [-0.3, -0.25) is 4.98 Å². The molecule has 8 heteroatoms. The van der Waals surface area contributed by atoms with Crippen molar-refractivity contribution in [2.75, 3.05) is 11.9 Å². The third-order valence-electron chi connectivity index (χ3n) is 4.90. The summed E-state index contributed by atoms with van der Waals surface area (Å²) in [7, 11) is 0. The number of nitrogens with one attached hydrogen (secondary N) is 1. The molecule has 0 radical (unpaired) electrons. The average Bonchev–Trinajstić information content (AvgIpc) is 3.22. The van der Waals surface area contributed by atoms with Crippen LogP contribution in [-0.4, -0.2) is 31.8 Å². The summed E-state index contributed by atoms with van der Waals surface area (Å²) in [6, 6.07) is 2.00. The molecule has 3 aromatic heterocycles. The molecule has 0 atom stereocenters. The summed E-state index contributed by atoms with van der Waals surface area (Å²) in [5, 5.41) is 11.6. The van der Waals surface area contributed by atoms with E-state index in [4.69, 9.17) is 9.05 Å². The Hall–Kier alpha value is -2.77. The van der Waals surface area contributed by atoms with Crippen LogP contribution in [-0.2, 0) is 11.8 Å². The number of hydrogen-bond donors (Lipinski definition) is 1. The lowest BCUT2D eigenvalue weighted by molar-refractivity contribution is 0.359. The van der Waals surface area contributed by atoms with Crippen molar-refractivity contribution in [3.05, 3.63) is 36.0 Å². The highest BCUT2D eigenvalue weighted by Gasteiger charge is 2.29. The lowest BCUT2D eigenvalue weighted by Crippen LogP contribution is -2.13. The topological polar surface area (TPSA) is 103 Å². The minimum absolute atomic E-state index is 0.0745. The van der Waals surface area contributed by atoms with Gasteiger partial charge in [0.15, 0.2) is 11.6 Å². The minimum atomic E-state index is -0.0745. The molecular formula is C21H28N6O2. The van der Waals surface area contributed by atoms with Crippen LogP contribution >= 0.6 is 0 Å². The summed E-state index contributed by atoms with van der Waals surface area (Å²) in [5.41, 5.74) is 1.73. The molecule has 0 aromatic carbocycles. The van der Waals surface area contributed by atoms with E-state index >= 15 is 0 Å². The summed E-state index contributed by atoms with van der Waals surface area (Å²) < 4.78 is 10.7. The normalized spacial score (nSPS) is 14.3. The van der Waals surface area contributed by atoms with Gasteiger partial charge in [0, 0.05) is 36.7 Å². The van der Waals surface area contributed by atoms with Crippen molar-refractivity contribution in [1.29, 1.82) is 0 Å². The van der Waals surface area contributed by atoms with Gasteiger partial charge in [-0.2, -0.15) is 9.97 Å². The van der Waals surface area contributed by atoms with E-state index in [-0.39, 0.29) is 5.41 Å². The van der Waals surface area contributed by atoms with Crippen LogP contribution in [0.3, 0.4) is 0 Å². The van der Waals surface area contributed by atoms with E-state index in [1.165, 1.54) is 0 Å². The molecule has 0 aliphatic heterocycles. The van der Waals surface area contributed by atoms with Crippen LogP contribution in [0.4, 0.5) is 5.69 Å². The van der Waals surface area contributed by atoms with Gasteiger partial charge in [0.25, 0.3) is 5.89 Å². The van der Waals surface area contributed by atoms with Crippen molar-refractivity contribution in [3.63, 3.8) is 0 Å². The lowest BCUT2D eigenvalue weighted by atomic mass is 9.96. The molecular weight excluding hydrogens is 368 g/mol. The first-order valence-corrected chi connectivity index (χ1v) is 10.3. The summed E-state index contributed by atoms with van der Waals surface area (Å²) in [6.45, 7) is 7.13. The molecule has 0 spiro atoms. The fourth-order valence-electron chi connectivity index (χ4n) is 2.98. The van der Waals surface area contributed by atoms with Gasteiger partial charge in [0.05, 0.1) is 11.3 Å². The maximum Gasteiger partial charge on any atom is 0.259 e. The molecule has 4 rings (SSSR count). The number of anilines is 1. The van der Waals surface area contributed by atoms with Gasteiger partial charge in [-0.1, -0.05) is 37.5 Å². The molecule has 1 fully saturated rings. The van der Waals surface area contributed by atoms with Gasteiger partial charge in [-0.15, -0.1) is 0 Å². The molecule has 1 aliphatic carbocycles. The zero-order chi connectivity index (χ0) is 20.3. The first-order chi connectivity index (χ1) is 14.0. The Balaban J connectivity index is 1.19. The molecule has 8 nitrogen and oxygen atoms in total. The molecule has 0 amide bonds. The Morgan fingerprint density at radius 1 is 1.03 bits per heavy atom. The Morgan fingerprint density at radius 3 is 2.66 bits per heavy atom. The number of unbranched alkanes of at least 4 members (excludes halogenated alkanes) is 2. The van der Waals surface area contributed by atoms with Gasteiger partial charge in [0.1, 0.15) is 0 Å². The molecule has 0 unspecified atom stereocenters. The SMILES string of the molecule is CC(C)(C)c1noc(CCCCCNc2cncc(-c3nc(C4CC4)no3)c2)n1. The Bertz CT molecular complexity index is 939. The van der Waals surface area contributed by atoms with Gasteiger partial charge in [-0.25, -0.2) is 0 Å². The first-order valence-electron chi connectivity index (χ1n) is 10.3. The van der Waals surface area contributed by atoms with Crippen molar-refractivity contribution >= 4 is 5.69 Å². The predicted molar refractivity (Wildman–Crippen MR) is 109 cm³/mol. The van der Waals surface area contributed by atoms with Crippen LogP contribution in [0.1, 0.15) is 76.3 Å². The lowest BCUT2D eigenvalue weighted by Gasteiger charge is -2.10. The molecule has 0 saturated heterocycles. The average molecular weight is 396 g/mol. The molecule has 0 bridgehead atoms. The van der Waals surface area contributed by atoms with E-state index in [1.54, 1.807) is 6.20 Å². The number of aromatic nitrogens is 5. The number of pyridine rings is 1. The number of rotatable bonds is 9. The van der Waals surface area contributed by atoms with Gasteiger partial charge in [0.2, 0.25) is 5.89 Å². The Morgan fingerprint density at radius 2 is 1.90 bits per heavy atom. The van der Waals surface area contributed by atoms with Crippen LogP contribution in [0.5, 0.6) is 0 Å². The second kappa shape index (κ2) is 8.31. The van der Waals surface area contributed by atoms with Crippen LogP contribution in [0.25, 0.3) is 11.5 Å². The highest BCUT2D eigenvalue weighted by atomic mass is 16.5. The maximum absolute atomic E-state index is 5.38. The predicted octanol–water partition coefficient (Wildman–Crippen LogP) is 4.51. The third kappa shape index (κ3) is 5.19. The Labute approximate surface area is 170 Å². The maximum atomic E-state index is 5.38. The van der Waals surface area contributed by atoms with E-state index in [9.17, 15) is 0 Å². The molecule has 3 heterocycles. The van der Waals surface area contributed by atoms with Crippen LogP contribution in [0.15, 0.2) is 27.5 Å². The quantitative estimate of drug-likeness (QED) is 0.527. The fraction of sp³-hybridized carbons (Fsp3) is 0.571. The van der Waals surface area contributed by atoms with Crippen molar-refractivity contribution < 1.29 is 9.05 Å². The van der Waals surface area contributed by atoms with E-state index in [0.717, 1.165) is 73.9 Å². The molecule has 29 heavy (non-hydrogen) atoms. The molecule has 1 aliphatic rings. The van der Waals surface area contributed by atoms with E-state index in [2.05, 4.69) is 51.4 Å². The second-order valence-corrected chi connectivity index (χ2v) is 8.69. The minimum Gasteiger partial charge on any atom is -0.384 e. The summed E-state index contributed by atoms with van der Waals surface area (Å²) in [4.78, 5) is 13.3. The summed E-state index contributed by atoms with van der Waals surface area (Å²) in [5.74, 6) is 3.33. The van der Waals surface area contributed by atoms with Gasteiger partial charge in [-0.05, 0) is 31.7 Å². The fourth-order valence-corrected chi connectivity index (χ4v) is 2.98. The smallest absolute Gasteiger partial charge is 0.259 e. The Kier molecular flexibility index (Phi) is 5.60. The summed E-state index contributed by atoms with van der Waals surface area (Å²) >= 11 is 0. The van der Waals surface area contributed by atoms with Crippen LogP contribution in [0, 0.1) is 0 Å². The van der Waals surface area contributed by atoms with Crippen LogP contribution < -0.4 is 5.32 Å². The molecule has 1 N–H and O–H groups in total. The second-order valence-electron chi connectivity index (χ2n) is 8.69. The molecule has 1 saturated carbocycles. The largest absolute Gasteiger partial charge is 0.384 e. The highest BCUT2D eigenvalue weighted by molar-refractivity contribution is 5.59. The van der Waals surface area contributed by atoms with Crippen LogP contribution in [0.2, 0.25) is 0 Å². The van der Waals surface area contributed by atoms with Crippen molar-refractivity contribution in [2.24, 2.45) is 0 Å². The number of hydrogen-bond acceptors (Lipinski definition) is 8. The van der Waals surface area contributed by atoms with E-state index in [0.29, 0.717) is 11.8 Å². The van der Waals surface area contributed by atoms with Gasteiger partial charge >= 0.3 is 0 Å². The molecule has 3 aromatic rings. The zero-order valence-corrected chi connectivity index (χ0v) is 17.3. The molecule has 154 valence electrons. The third-order valence-corrected chi connectivity index (χ3v) is 4.90. The first kappa shape index (κ1) is 19.5.